The van der Waals surface area contributed by atoms with E-state index < -0.39 is 11.9 Å². The number of H-pyrrole nitrogens is 1. The van der Waals surface area contributed by atoms with E-state index in [0.717, 1.165) is 16.9 Å². The zero-order valence-corrected chi connectivity index (χ0v) is 9.63. The first kappa shape index (κ1) is 12.3. The average Bonchev–Trinajstić information content (AvgIpc) is 3.05. The molecule has 0 aliphatic rings. The number of tetrazole rings is 1. The lowest BCUT2D eigenvalue weighted by atomic mass is 10.3. The number of alkyl halides is 3. The second-order valence-corrected chi connectivity index (χ2v) is 3.68. The van der Waals surface area contributed by atoms with Gasteiger partial charge in [-0.15, -0.1) is 10.2 Å². The number of rotatable bonds is 3. The van der Waals surface area contributed by atoms with Crippen molar-refractivity contribution in [3.05, 3.63) is 23.9 Å². The second-order valence-electron chi connectivity index (χ2n) is 3.68. The standard InChI is InChI=1S/C8H6F3N9/c9-8(10,11)4-1-6(12-2-5-16-18-19-17-5)20-7(15-4)13-3-14-20/h1,3,12H,2H2,(H,16,17,18,19). The van der Waals surface area contributed by atoms with Crippen molar-refractivity contribution in [1.82, 2.24) is 40.2 Å². The Balaban J connectivity index is 1.97. The van der Waals surface area contributed by atoms with Gasteiger partial charge in [0.25, 0.3) is 5.78 Å². The van der Waals surface area contributed by atoms with Crippen molar-refractivity contribution in [1.29, 1.82) is 0 Å². The van der Waals surface area contributed by atoms with Gasteiger partial charge in [-0.05, 0) is 0 Å². The highest BCUT2D eigenvalue weighted by Gasteiger charge is 2.34. The molecule has 0 bridgehead atoms. The van der Waals surface area contributed by atoms with Crippen LogP contribution < -0.4 is 5.32 Å². The van der Waals surface area contributed by atoms with Gasteiger partial charge >= 0.3 is 6.18 Å². The quantitative estimate of drug-likeness (QED) is 0.710. The molecule has 3 aromatic heterocycles. The molecule has 3 aromatic rings. The molecule has 0 saturated heterocycles. The van der Waals surface area contributed by atoms with Gasteiger partial charge in [0.1, 0.15) is 12.1 Å². The second kappa shape index (κ2) is 4.40. The Morgan fingerprint density at radius 2 is 2.20 bits per heavy atom. The summed E-state index contributed by atoms with van der Waals surface area (Å²) < 4.78 is 39.3. The lowest BCUT2D eigenvalue weighted by molar-refractivity contribution is -0.141. The molecule has 0 spiro atoms. The van der Waals surface area contributed by atoms with Gasteiger partial charge in [0.15, 0.2) is 11.5 Å². The number of halogens is 3. The van der Waals surface area contributed by atoms with Crippen molar-refractivity contribution in [2.45, 2.75) is 12.7 Å². The Morgan fingerprint density at radius 1 is 1.35 bits per heavy atom. The van der Waals surface area contributed by atoms with Crippen LogP contribution in [0.3, 0.4) is 0 Å². The highest BCUT2D eigenvalue weighted by Crippen LogP contribution is 2.29. The number of hydrogen-bond acceptors (Lipinski definition) is 7. The van der Waals surface area contributed by atoms with Crippen LogP contribution in [0.1, 0.15) is 11.5 Å². The molecule has 0 amide bonds. The summed E-state index contributed by atoms with van der Waals surface area (Å²) in [5.41, 5.74) is -1.06. The lowest BCUT2D eigenvalue weighted by Gasteiger charge is -2.10. The summed E-state index contributed by atoms with van der Waals surface area (Å²) in [7, 11) is 0. The van der Waals surface area contributed by atoms with E-state index in [-0.39, 0.29) is 18.1 Å². The molecule has 0 fully saturated rings. The highest BCUT2D eigenvalue weighted by atomic mass is 19.4. The number of fused-ring (bicyclic) bond motifs is 1. The van der Waals surface area contributed by atoms with E-state index in [9.17, 15) is 13.2 Å². The van der Waals surface area contributed by atoms with Crippen molar-refractivity contribution in [2.75, 3.05) is 5.32 Å². The van der Waals surface area contributed by atoms with E-state index in [4.69, 9.17) is 0 Å². The van der Waals surface area contributed by atoms with Gasteiger partial charge in [-0.1, -0.05) is 5.21 Å². The lowest BCUT2D eigenvalue weighted by Crippen LogP contribution is -2.13. The molecule has 0 radical (unpaired) electrons. The predicted octanol–water partition coefficient (Wildman–Crippen LogP) is 0.268. The fraction of sp³-hybridized carbons (Fsp3) is 0.250. The van der Waals surface area contributed by atoms with E-state index in [1.807, 2.05) is 0 Å². The molecule has 0 aromatic carbocycles. The molecule has 0 saturated carbocycles. The van der Waals surface area contributed by atoms with E-state index >= 15 is 0 Å². The van der Waals surface area contributed by atoms with Crippen LogP contribution in [0.4, 0.5) is 19.0 Å². The zero-order valence-electron chi connectivity index (χ0n) is 9.63. The first-order valence-electron chi connectivity index (χ1n) is 5.28. The molecule has 2 N–H and O–H groups in total. The van der Waals surface area contributed by atoms with Crippen molar-refractivity contribution >= 4 is 11.6 Å². The van der Waals surface area contributed by atoms with Crippen molar-refractivity contribution in [3.8, 4) is 0 Å². The smallest absolute Gasteiger partial charge is 0.362 e. The molecule has 9 nitrogen and oxygen atoms in total. The van der Waals surface area contributed by atoms with E-state index in [2.05, 4.69) is 41.0 Å². The van der Waals surface area contributed by atoms with Crippen LogP contribution in [0.25, 0.3) is 5.78 Å². The van der Waals surface area contributed by atoms with E-state index in [1.54, 1.807) is 0 Å². The van der Waals surface area contributed by atoms with Gasteiger partial charge < -0.3 is 5.32 Å². The predicted molar refractivity (Wildman–Crippen MR) is 57.3 cm³/mol. The molecule has 0 unspecified atom stereocenters. The summed E-state index contributed by atoms with van der Waals surface area (Å²) in [5.74, 6) is 0.212. The third kappa shape index (κ3) is 2.22. The van der Waals surface area contributed by atoms with Gasteiger partial charge in [0, 0.05) is 6.07 Å². The van der Waals surface area contributed by atoms with Gasteiger partial charge in [0.2, 0.25) is 0 Å². The topological polar surface area (TPSA) is 110 Å². The Hall–Kier alpha value is -2.79. The van der Waals surface area contributed by atoms with Gasteiger partial charge in [-0.3, -0.25) is 0 Å². The molecule has 104 valence electrons. The Labute approximate surface area is 108 Å². The number of aromatic amines is 1. The van der Waals surface area contributed by atoms with Crippen molar-refractivity contribution in [2.24, 2.45) is 0 Å². The maximum Gasteiger partial charge on any atom is 0.433 e. The summed E-state index contributed by atoms with van der Waals surface area (Å²) in [5, 5.41) is 19.4. The number of nitrogens with zero attached hydrogens (tertiary/aromatic N) is 7. The fourth-order valence-corrected chi connectivity index (χ4v) is 1.51. The Bertz CT molecular complexity index is 716. The summed E-state index contributed by atoms with van der Waals surface area (Å²) >= 11 is 0. The van der Waals surface area contributed by atoms with Gasteiger partial charge in [0.05, 0.1) is 6.54 Å². The van der Waals surface area contributed by atoms with Crippen LogP contribution in [-0.2, 0) is 12.7 Å². The Kier molecular flexibility index (Phi) is 2.69. The molecule has 0 atom stereocenters. The first-order chi connectivity index (χ1) is 9.54. The summed E-state index contributed by atoms with van der Waals surface area (Å²) in [4.78, 5) is 7.04. The summed E-state index contributed by atoms with van der Waals surface area (Å²) in [6.07, 6.45) is -3.46. The summed E-state index contributed by atoms with van der Waals surface area (Å²) in [6, 6.07) is 0.835. The summed E-state index contributed by atoms with van der Waals surface area (Å²) in [6.45, 7) is 0.0762. The third-order valence-corrected chi connectivity index (χ3v) is 2.36. The fourth-order valence-electron chi connectivity index (χ4n) is 1.51. The minimum Gasteiger partial charge on any atom is -0.362 e. The molecule has 0 aliphatic carbocycles. The van der Waals surface area contributed by atoms with Crippen molar-refractivity contribution in [3.63, 3.8) is 0 Å². The van der Waals surface area contributed by atoms with Crippen LogP contribution in [-0.4, -0.2) is 40.2 Å². The van der Waals surface area contributed by atoms with Crippen LogP contribution in [0.2, 0.25) is 0 Å². The van der Waals surface area contributed by atoms with Crippen LogP contribution >= 0.6 is 0 Å². The number of anilines is 1. The van der Waals surface area contributed by atoms with Gasteiger partial charge in [-0.2, -0.15) is 33.0 Å². The molecule has 20 heavy (non-hydrogen) atoms. The molecular formula is C8H6F3N9. The molecule has 12 heteroatoms. The normalized spacial score (nSPS) is 11.9. The highest BCUT2D eigenvalue weighted by molar-refractivity contribution is 5.45. The number of aromatic nitrogens is 8. The molecule has 3 heterocycles. The van der Waals surface area contributed by atoms with Crippen LogP contribution in [0, 0.1) is 0 Å². The zero-order chi connectivity index (χ0) is 14.2. The minimum atomic E-state index is -4.57. The van der Waals surface area contributed by atoms with Crippen LogP contribution in [0.15, 0.2) is 12.4 Å². The molecular weight excluding hydrogens is 279 g/mol. The first-order valence-corrected chi connectivity index (χ1v) is 5.28. The largest absolute Gasteiger partial charge is 0.433 e. The minimum absolute atomic E-state index is 0.0737. The molecule has 3 rings (SSSR count). The van der Waals surface area contributed by atoms with E-state index in [1.165, 1.54) is 0 Å². The Morgan fingerprint density at radius 3 is 2.90 bits per heavy atom. The molecule has 0 aliphatic heterocycles. The van der Waals surface area contributed by atoms with E-state index in [0.29, 0.717) is 5.82 Å². The number of hydrogen-bond donors (Lipinski definition) is 2. The van der Waals surface area contributed by atoms with Crippen LogP contribution in [0.5, 0.6) is 0 Å². The number of nitrogens with one attached hydrogen (secondary N) is 2. The monoisotopic (exact) mass is 285 g/mol. The maximum atomic E-state index is 12.7. The van der Waals surface area contributed by atoms with Crippen molar-refractivity contribution < 1.29 is 13.2 Å². The maximum absolute atomic E-state index is 12.7. The third-order valence-electron chi connectivity index (χ3n) is 2.36. The average molecular weight is 285 g/mol. The van der Waals surface area contributed by atoms with Gasteiger partial charge in [-0.25, -0.2) is 4.98 Å². The SMILES string of the molecule is FC(F)(F)c1cc(NCc2nn[nH]n2)n2ncnc2n1.